The summed E-state index contributed by atoms with van der Waals surface area (Å²) in [5.74, 6) is -0.675. The molecule has 0 unspecified atom stereocenters. The Balaban J connectivity index is 1.16. The number of rotatable bonds is 14. The van der Waals surface area contributed by atoms with Crippen LogP contribution in [0.5, 0.6) is 5.75 Å². The van der Waals surface area contributed by atoms with Crippen molar-refractivity contribution >= 4 is 40.4 Å². The van der Waals surface area contributed by atoms with Crippen molar-refractivity contribution in [2.24, 2.45) is 13.0 Å². The summed E-state index contributed by atoms with van der Waals surface area (Å²) in [5, 5.41) is 14.2. The van der Waals surface area contributed by atoms with Crippen LogP contribution in [0.3, 0.4) is 0 Å². The highest BCUT2D eigenvalue weighted by Crippen LogP contribution is 2.33. The number of likely N-dealkylation sites (tertiary alicyclic amines) is 1. The van der Waals surface area contributed by atoms with E-state index in [-0.39, 0.29) is 80.2 Å². The van der Waals surface area contributed by atoms with Crippen molar-refractivity contribution in [2.45, 2.75) is 50.9 Å². The van der Waals surface area contributed by atoms with Crippen LogP contribution in [0.4, 0.5) is 0 Å². The number of aryl methyl sites for hydroxylation is 2. The molecule has 1 aromatic heterocycles. The minimum Gasteiger partial charge on any atom is -0.508 e. The summed E-state index contributed by atoms with van der Waals surface area (Å²) in [6.45, 7) is 6.75. The van der Waals surface area contributed by atoms with Gasteiger partial charge in [0.05, 0.1) is 24.2 Å². The van der Waals surface area contributed by atoms with E-state index in [1.54, 1.807) is 55.1 Å². The summed E-state index contributed by atoms with van der Waals surface area (Å²) in [6.07, 6.45) is 4.84. The molecule has 3 saturated heterocycles. The lowest BCUT2D eigenvalue weighted by molar-refractivity contribution is -0.205. The van der Waals surface area contributed by atoms with Crippen LogP contribution in [0.2, 0.25) is 0 Å². The number of para-hydroxylation sites is 1. The third kappa shape index (κ3) is 9.35. The lowest BCUT2D eigenvalue weighted by Gasteiger charge is -2.55. The number of aromatic hydroxyl groups is 1. The molecule has 3 aliphatic heterocycles. The zero-order chi connectivity index (χ0) is 43.4. The van der Waals surface area contributed by atoms with Gasteiger partial charge in [0.1, 0.15) is 18.0 Å². The van der Waals surface area contributed by atoms with Crippen LogP contribution in [0.15, 0.2) is 91.6 Å². The highest BCUT2D eigenvalue weighted by Gasteiger charge is 2.51. The third-order valence-corrected chi connectivity index (χ3v) is 12.3. The molecule has 14 nitrogen and oxygen atoms in total. The molecule has 7 rings (SSSR count). The molecule has 61 heavy (non-hydrogen) atoms. The predicted molar refractivity (Wildman–Crippen MR) is 233 cm³/mol. The second kappa shape index (κ2) is 18.7. The molecule has 0 bridgehead atoms. The third-order valence-electron chi connectivity index (χ3n) is 12.3. The summed E-state index contributed by atoms with van der Waals surface area (Å²) >= 11 is 0. The fraction of sp³-hybridized carbons (Fsp3) is 0.426. The van der Waals surface area contributed by atoms with Gasteiger partial charge in [-0.15, -0.1) is 6.58 Å². The standard InChI is InChI=1S/C47H58N8O6/c1-6-23-53-32-43(58)54-40(28-34-15-18-37(56)19-16-34)47(61)52(31-41(54)55(53)42(57)20-17-33-11-8-7-9-12-33)29-36-13-10-14-38-39(30-50(5)44(36)38)46(60)51-24-21-35(22-25-51)45(59)49(4)27-26-48(2)3/h6-16,18-19,30,35,40-41,56H,1,17,20-29,31-32H2,2-5H3/t40-,41-/m0/s1. The van der Waals surface area contributed by atoms with E-state index in [4.69, 9.17) is 0 Å². The van der Waals surface area contributed by atoms with Crippen molar-refractivity contribution in [1.29, 1.82) is 0 Å². The van der Waals surface area contributed by atoms with Gasteiger partial charge < -0.3 is 34.2 Å². The largest absolute Gasteiger partial charge is 0.508 e. The molecule has 3 fully saturated rings. The van der Waals surface area contributed by atoms with E-state index in [2.05, 4.69) is 11.5 Å². The van der Waals surface area contributed by atoms with Crippen molar-refractivity contribution < 1.29 is 29.1 Å². The first-order valence-corrected chi connectivity index (χ1v) is 21.2. The van der Waals surface area contributed by atoms with E-state index in [0.717, 1.165) is 34.1 Å². The highest BCUT2D eigenvalue weighted by molar-refractivity contribution is 6.08. The number of nitrogens with zero attached hydrogens (tertiary/aromatic N) is 8. The molecule has 5 amide bonds. The van der Waals surface area contributed by atoms with Crippen LogP contribution in [0, 0.1) is 5.92 Å². The molecule has 0 aliphatic carbocycles. The van der Waals surface area contributed by atoms with Crippen LogP contribution in [0.1, 0.15) is 46.3 Å². The molecule has 1 N–H and O–H groups in total. The van der Waals surface area contributed by atoms with Crippen molar-refractivity contribution in [3.63, 3.8) is 0 Å². The summed E-state index contributed by atoms with van der Waals surface area (Å²) in [7, 11) is 7.71. The molecular weight excluding hydrogens is 773 g/mol. The molecule has 4 aromatic rings. The zero-order valence-corrected chi connectivity index (χ0v) is 35.8. The van der Waals surface area contributed by atoms with Gasteiger partial charge in [0.15, 0.2) is 0 Å². The van der Waals surface area contributed by atoms with E-state index in [1.807, 2.05) is 92.4 Å². The van der Waals surface area contributed by atoms with Crippen molar-refractivity contribution in [1.82, 2.24) is 39.1 Å². The van der Waals surface area contributed by atoms with Crippen LogP contribution in [-0.4, -0.2) is 153 Å². The van der Waals surface area contributed by atoms with Crippen LogP contribution in [0.25, 0.3) is 10.9 Å². The predicted octanol–water partition coefficient (Wildman–Crippen LogP) is 3.74. The number of phenols is 1. The number of piperidine rings is 1. The molecule has 3 aromatic carbocycles. The normalized spacial score (nSPS) is 18.8. The molecular formula is C47H58N8O6. The lowest BCUT2D eigenvalue weighted by atomic mass is 9.94. The summed E-state index contributed by atoms with van der Waals surface area (Å²) in [5.41, 5.74) is 3.97. The van der Waals surface area contributed by atoms with Gasteiger partial charge in [-0.1, -0.05) is 66.7 Å². The first-order chi connectivity index (χ1) is 29.3. The number of fused-ring (bicyclic) bond motifs is 2. The van der Waals surface area contributed by atoms with Gasteiger partial charge in [0, 0.05) is 83.7 Å². The number of hydrazine groups is 1. The number of carbonyl (C=O) groups is 5. The Hall–Kier alpha value is -5.99. The number of hydrogen-bond donors (Lipinski definition) is 1. The molecule has 0 radical (unpaired) electrons. The maximum absolute atomic E-state index is 14.8. The smallest absolute Gasteiger partial charge is 0.256 e. The fourth-order valence-electron chi connectivity index (χ4n) is 9.10. The number of amides is 5. The van der Waals surface area contributed by atoms with E-state index in [0.29, 0.717) is 44.5 Å². The molecule has 322 valence electrons. The number of piperazine rings is 1. The van der Waals surface area contributed by atoms with Crippen molar-refractivity contribution in [3.05, 3.63) is 114 Å². The van der Waals surface area contributed by atoms with Crippen LogP contribution >= 0.6 is 0 Å². The van der Waals surface area contributed by atoms with Gasteiger partial charge >= 0.3 is 0 Å². The minimum atomic E-state index is -0.918. The quantitative estimate of drug-likeness (QED) is 0.190. The molecule has 4 heterocycles. The maximum atomic E-state index is 14.8. The second-order valence-electron chi connectivity index (χ2n) is 16.8. The Morgan fingerprint density at radius 1 is 0.902 bits per heavy atom. The summed E-state index contributed by atoms with van der Waals surface area (Å²) in [4.78, 5) is 79.6. The van der Waals surface area contributed by atoms with E-state index in [1.165, 1.54) is 0 Å². The molecule has 2 atom stereocenters. The zero-order valence-electron chi connectivity index (χ0n) is 35.8. The average Bonchev–Trinajstić information content (AvgIpc) is 3.60. The average molecular weight is 831 g/mol. The number of hydrogen-bond acceptors (Lipinski definition) is 8. The number of carbonyl (C=O) groups excluding carboxylic acids is 5. The molecule has 14 heteroatoms. The van der Waals surface area contributed by atoms with Crippen molar-refractivity contribution in [3.8, 4) is 5.75 Å². The first-order valence-electron chi connectivity index (χ1n) is 21.2. The molecule has 0 spiro atoms. The van der Waals surface area contributed by atoms with Gasteiger partial charge in [0.2, 0.25) is 23.6 Å². The maximum Gasteiger partial charge on any atom is 0.256 e. The summed E-state index contributed by atoms with van der Waals surface area (Å²) in [6, 6.07) is 21.2. The Labute approximate surface area is 358 Å². The Morgan fingerprint density at radius 3 is 2.31 bits per heavy atom. The summed E-state index contributed by atoms with van der Waals surface area (Å²) < 4.78 is 1.93. The van der Waals surface area contributed by atoms with E-state index >= 15 is 0 Å². The Morgan fingerprint density at radius 2 is 1.62 bits per heavy atom. The number of benzene rings is 3. The minimum absolute atomic E-state index is 0.0754. The number of aromatic nitrogens is 1. The Bertz CT molecular complexity index is 2250. The van der Waals surface area contributed by atoms with Crippen LogP contribution in [-0.2, 0) is 45.6 Å². The molecule has 3 aliphatic rings. The fourth-order valence-corrected chi connectivity index (χ4v) is 9.10. The highest BCUT2D eigenvalue weighted by atomic mass is 16.3. The molecule has 0 saturated carbocycles. The second-order valence-corrected chi connectivity index (χ2v) is 16.8. The van der Waals surface area contributed by atoms with Gasteiger partial charge in [-0.05, 0) is 62.2 Å². The SMILES string of the molecule is C=CCN1CC(=O)N2[C@@H](Cc3ccc(O)cc3)C(=O)N(Cc3cccc4c(C(=O)N5CCC(C(=O)N(C)CCN(C)C)CC5)cn(C)c34)C[C@@H]2N1C(=O)CCc1ccccc1. The Kier molecular flexibility index (Phi) is 13.2. The van der Waals surface area contributed by atoms with E-state index in [9.17, 15) is 29.1 Å². The topological polar surface area (TPSA) is 133 Å². The lowest BCUT2D eigenvalue weighted by Crippen LogP contribution is -2.75. The van der Waals surface area contributed by atoms with Gasteiger partial charge in [-0.3, -0.25) is 24.0 Å². The number of likely N-dealkylation sites (N-methyl/N-ethyl adjacent to an activating group) is 2. The van der Waals surface area contributed by atoms with Crippen LogP contribution < -0.4 is 0 Å². The van der Waals surface area contributed by atoms with Gasteiger partial charge in [0.25, 0.3) is 5.91 Å². The number of phenolic OH excluding ortho intramolecular Hbond substituents is 1. The van der Waals surface area contributed by atoms with Gasteiger partial charge in [-0.2, -0.15) is 0 Å². The van der Waals surface area contributed by atoms with E-state index < -0.39 is 12.2 Å². The van der Waals surface area contributed by atoms with Gasteiger partial charge in [-0.25, -0.2) is 10.0 Å². The van der Waals surface area contributed by atoms with Crippen molar-refractivity contribution in [2.75, 3.05) is 67.0 Å². The monoisotopic (exact) mass is 830 g/mol. The first kappa shape index (κ1) is 43.1.